The predicted octanol–water partition coefficient (Wildman–Crippen LogP) is 3.90. The molecule has 1 aromatic carbocycles. The van der Waals surface area contributed by atoms with Crippen molar-refractivity contribution in [2.24, 2.45) is 0 Å². The highest BCUT2D eigenvalue weighted by Crippen LogP contribution is 2.43. The number of hydrogen-bond donors (Lipinski definition) is 1. The van der Waals surface area contributed by atoms with Gasteiger partial charge in [-0.25, -0.2) is 0 Å². The molecule has 0 saturated carbocycles. The predicted molar refractivity (Wildman–Crippen MR) is 118 cm³/mol. The Balaban J connectivity index is 1.81. The van der Waals surface area contributed by atoms with Crippen LogP contribution in [-0.4, -0.2) is 54.8 Å². The van der Waals surface area contributed by atoms with Crippen molar-refractivity contribution < 1.29 is 9.59 Å². The number of unbranched alkanes of at least 4 members (excludes halogenated alkanes) is 1. The summed E-state index contributed by atoms with van der Waals surface area (Å²) in [5, 5.41) is 5.14. The number of carbonyl (C=O) groups excluding carboxylic acids is 2. The Bertz CT molecular complexity index is 821. The number of benzene rings is 1. The average molecular weight is 414 g/mol. The maximum absolute atomic E-state index is 13.3. The van der Waals surface area contributed by atoms with Crippen LogP contribution in [0, 0.1) is 0 Å². The minimum Gasteiger partial charge on any atom is -0.354 e. The number of carbonyl (C=O) groups is 2. The van der Waals surface area contributed by atoms with Gasteiger partial charge in [-0.1, -0.05) is 44.5 Å². The first-order valence-electron chi connectivity index (χ1n) is 10.5. The van der Waals surface area contributed by atoms with Crippen LogP contribution in [0.5, 0.6) is 0 Å². The van der Waals surface area contributed by atoms with Crippen molar-refractivity contribution in [2.45, 2.75) is 38.6 Å². The SMILES string of the molecule is CCCCN(CC)CCNC(=O)[C@H]1c2ccccc2C(=O)N(C)[C@@H]1c1cccs1. The van der Waals surface area contributed by atoms with Gasteiger partial charge in [0, 0.05) is 30.6 Å². The lowest BCUT2D eigenvalue weighted by Gasteiger charge is -2.39. The maximum Gasteiger partial charge on any atom is 0.254 e. The summed E-state index contributed by atoms with van der Waals surface area (Å²) >= 11 is 1.59. The molecule has 3 rings (SSSR count). The maximum atomic E-state index is 13.3. The van der Waals surface area contributed by atoms with Crippen molar-refractivity contribution in [3.05, 3.63) is 57.8 Å². The van der Waals surface area contributed by atoms with Crippen LogP contribution < -0.4 is 5.32 Å². The molecule has 0 saturated heterocycles. The van der Waals surface area contributed by atoms with E-state index in [1.807, 2.05) is 41.8 Å². The first kappa shape index (κ1) is 21.5. The van der Waals surface area contributed by atoms with Gasteiger partial charge in [-0.05, 0) is 42.6 Å². The van der Waals surface area contributed by atoms with Crippen LogP contribution in [0.3, 0.4) is 0 Å². The Hall–Kier alpha value is -2.18. The number of nitrogens with zero attached hydrogens (tertiary/aromatic N) is 2. The lowest BCUT2D eigenvalue weighted by molar-refractivity contribution is -0.124. The molecule has 2 atom stereocenters. The van der Waals surface area contributed by atoms with Crippen LogP contribution in [0.25, 0.3) is 0 Å². The summed E-state index contributed by atoms with van der Waals surface area (Å²) in [6.07, 6.45) is 2.34. The molecule has 0 unspecified atom stereocenters. The summed E-state index contributed by atoms with van der Waals surface area (Å²) in [6, 6.07) is 11.2. The molecule has 0 spiro atoms. The Labute approximate surface area is 177 Å². The summed E-state index contributed by atoms with van der Waals surface area (Å²) in [5.74, 6) is -0.445. The van der Waals surface area contributed by atoms with Gasteiger partial charge in [0.05, 0.1) is 12.0 Å². The van der Waals surface area contributed by atoms with E-state index in [2.05, 4.69) is 24.1 Å². The third-order valence-electron chi connectivity index (χ3n) is 5.70. The smallest absolute Gasteiger partial charge is 0.254 e. The first-order chi connectivity index (χ1) is 14.1. The van der Waals surface area contributed by atoms with Crippen LogP contribution in [-0.2, 0) is 4.79 Å². The largest absolute Gasteiger partial charge is 0.354 e. The van der Waals surface area contributed by atoms with Crippen LogP contribution >= 0.6 is 11.3 Å². The molecular weight excluding hydrogens is 382 g/mol. The van der Waals surface area contributed by atoms with Gasteiger partial charge in [0.15, 0.2) is 0 Å². The molecule has 0 radical (unpaired) electrons. The molecule has 1 N–H and O–H groups in total. The van der Waals surface area contributed by atoms with Crippen molar-refractivity contribution in [2.75, 3.05) is 33.2 Å². The Morgan fingerprint density at radius 2 is 1.97 bits per heavy atom. The zero-order valence-electron chi connectivity index (χ0n) is 17.6. The number of rotatable bonds is 9. The topological polar surface area (TPSA) is 52.7 Å². The highest BCUT2D eigenvalue weighted by molar-refractivity contribution is 7.10. The summed E-state index contributed by atoms with van der Waals surface area (Å²) in [6.45, 7) is 7.85. The highest BCUT2D eigenvalue weighted by atomic mass is 32.1. The highest BCUT2D eigenvalue weighted by Gasteiger charge is 2.42. The van der Waals surface area contributed by atoms with Gasteiger partial charge in [-0.2, -0.15) is 0 Å². The zero-order chi connectivity index (χ0) is 20.8. The molecule has 29 heavy (non-hydrogen) atoms. The minimum atomic E-state index is -0.404. The van der Waals surface area contributed by atoms with Gasteiger partial charge in [0.1, 0.15) is 0 Å². The second kappa shape index (κ2) is 10.0. The Morgan fingerprint density at radius 1 is 1.17 bits per heavy atom. The minimum absolute atomic E-state index is 0.0123. The lowest BCUT2D eigenvalue weighted by atomic mass is 9.82. The van der Waals surface area contributed by atoms with Gasteiger partial charge >= 0.3 is 0 Å². The number of amides is 2. The fourth-order valence-electron chi connectivity index (χ4n) is 4.03. The first-order valence-corrected chi connectivity index (χ1v) is 11.4. The fourth-order valence-corrected chi connectivity index (χ4v) is 4.93. The Morgan fingerprint density at radius 3 is 2.66 bits per heavy atom. The third kappa shape index (κ3) is 4.70. The van der Waals surface area contributed by atoms with Crippen molar-refractivity contribution in [1.82, 2.24) is 15.1 Å². The van der Waals surface area contributed by atoms with Gasteiger partial charge in [0.2, 0.25) is 5.91 Å². The van der Waals surface area contributed by atoms with E-state index >= 15 is 0 Å². The molecule has 5 nitrogen and oxygen atoms in total. The lowest BCUT2D eigenvalue weighted by Crippen LogP contribution is -2.46. The normalized spacial score (nSPS) is 18.8. The van der Waals surface area contributed by atoms with Crippen LogP contribution in [0.4, 0.5) is 0 Å². The van der Waals surface area contributed by atoms with Crippen LogP contribution in [0.15, 0.2) is 41.8 Å². The van der Waals surface area contributed by atoms with Crippen molar-refractivity contribution in [1.29, 1.82) is 0 Å². The standard InChI is InChI=1S/C23H31N3O2S/c1-4-6-14-26(5-2)15-13-24-22(27)20-17-10-7-8-11-18(17)23(28)25(3)21(20)19-12-9-16-29-19/h7-12,16,20-21H,4-6,13-15H2,1-3H3,(H,24,27)/t20-,21+/m0/s1. The number of nitrogens with one attached hydrogen (secondary N) is 1. The molecule has 156 valence electrons. The molecule has 2 amide bonds. The van der Waals surface area contributed by atoms with E-state index in [1.54, 1.807) is 23.3 Å². The molecule has 0 fully saturated rings. The van der Waals surface area contributed by atoms with Gasteiger partial charge in [-0.15, -0.1) is 11.3 Å². The van der Waals surface area contributed by atoms with E-state index in [1.165, 1.54) is 12.8 Å². The molecule has 2 aromatic rings. The van der Waals surface area contributed by atoms with Crippen molar-refractivity contribution >= 4 is 23.2 Å². The number of thiophene rings is 1. The van der Waals surface area contributed by atoms with E-state index in [0.717, 1.165) is 30.1 Å². The summed E-state index contributed by atoms with van der Waals surface area (Å²) in [7, 11) is 1.80. The van der Waals surface area contributed by atoms with Gasteiger partial charge in [0.25, 0.3) is 5.91 Å². The van der Waals surface area contributed by atoms with Gasteiger partial charge in [-0.3, -0.25) is 9.59 Å². The molecule has 2 heterocycles. The molecule has 0 bridgehead atoms. The van der Waals surface area contributed by atoms with Gasteiger partial charge < -0.3 is 15.1 Å². The van der Waals surface area contributed by atoms with Crippen LogP contribution in [0.2, 0.25) is 0 Å². The second-order valence-corrected chi connectivity index (χ2v) is 8.50. The van der Waals surface area contributed by atoms with E-state index in [9.17, 15) is 9.59 Å². The molecule has 1 aliphatic heterocycles. The molecule has 1 aliphatic rings. The van der Waals surface area contributed by atoms with Crippen molar-refractivity contribution in [3.8, 4) is 0 Å². The summed E-state index contributed by atoms with van der Waals surface area (Å²) in [4.78, 5) is 31.4. The number of hydrogen-bond acceptors (Lipinski definition) is 4. The van der Waals surface area contributed by atoms with Crippen molar-refractivity contribution in [3.63, 3.8) is 0 Å². The fraction of sp³-hybridized carbons (Fsp3) is 0.478. The summed E-state index contributed by atoms with van der Waals surface area (Å²) < 4.78 is 0. The Kier molecular flexibility index (Phi) is 7.45. The van der Waals surface area contributed by atoms with E-state index < -0.39 is 5.92 Å². The molecule has 1 aromatic heterocycles. The molecular formula is C23H31N3O2S. The number of likely N-dealkylation sites (N-methyl/N-ethyl adjacent to an activating group) is 2. The summed E-state index contributed by atoms with van der Waals surface area (Å²) in [5.41, 5.74) is 1.45. The quantitative estimate of drug-likeness (QED) is 0.678. The monoisotopic (exact) mass is 413 g/mol. The molecule has 0 aliphatic carbocycles. The second-order valence-electron chi connectivity index (χ2n) is 7.52. The van der Waals surface area contributed by atoms with E-state index in [-0.39, 0.29) is 17.9 Å². The average Bonchev–Trinajstić information content (AvgIpc) is 3.27. The third-order valence-corrected chi connectivity index (χ3v) is 6.64. The number of fused-ring (bicyclic) bond motifs is 1. The van der Waals surface area contributed by atoms with E-state index in [0.29, 0.717) is 12.1 Å². The zero-order valence-corrected chi connectivity index (χ0v) is 18.4. The van der Waals surface area contributed by atoms with E-state index in [4.69, 9.17) is 0 Å². The van der Waals surface area contributed by atoms with Crippen LogP contribution in [0.1, 0.15) is 59.4 Å². The molecule has 6 heteroatoms.